The van der Waals surface area contributed by atoms with Crippen molar-refractivity contribution in [1.29, 1.82) is 0 Å². The maximum absolute atomic E-state index is 13.1. The number of piperidine rings is 2. The van der Waals surface area contributed by atoms with Crippen molar-refractivity contribution >= 4 is 22.6 Å². The summed E-state index contributed by atoms with van der Waals surface area (Å²) >= 11 is 0. The zero-order valence-electron chi connectivity index (χ0n) is 26.7. The smallest absolute Gasteiger partial charge is 0.308 e. The number of carbonyl (C=O) groups is 1. The zero-order chi connectivity index (χ0) is 29.9. The van der Waals surface area contributed by atoms with Crippen molar-refractivity contribution in [3.8, 4) is 0 Å². The molecule has 7 heterocycles. The third kappa shape index (κ3) is 2.80. The minimum absolute atomic E-state index is 0.0909. The Hall–Kier alpha value is -2.83. The highest BCUT2D eigenvalue weighted by atomic mass is 16.4. The van der Waals surface area contributed by atoms with Crippen LogP contribution in [0.25, 0.3) is 10.9 Å². The van der Waals surface area contributed by atoms with E-state index in [1.165, 1.54) is 92.3 Å². The molecule has 3 saturated heterocycles. The lowest BCUT2D eigenvalue weighted by atomic mass is 9.39. The topological polar surface area (TPSA) is 60.7 Å². The fourth-order valence-electron chi connectivity index (χ4n) is 14.1. The number of carboxylic acids is 1. The number of aliphatic carboxylic acids is 1. The summed E-state index contributed by atoms with van der Waals surface area (Å²) in [7, 11) is 0. The molecule has 2 bridgehead atoms. The monoisotopic (exact) mass is 602 g/mol. The van der Waals surface area contributed by atoms with Gasteiger partial charge < -0.3 is 15.0 Å². The van der Waals surface area contributed by atoms with Crippen molar-refractivity contribution in [2.24, 2.45) is 16.7 Å². The average molecular weight is 603 g/mol. The summed E-state index contributed by atoms with van der Waals surface area (Å²) in [5.74, 6) is -0.893. The number of fused-ring (bicyclic) bond motifs is 6. The Morgan fingerprint density at radius 2 is 1.82 bits per heavy atom. The van der Waals surface area contributed by atoms with Crippen LogP contribution >= 0.6 is 0 Å². The third-order valence-electron chi connectivity index (χ3n) is 15.6. The van der Waals surface area contributed by atoms with Crippen molar-refractivity contribution in [3.05, 3.63) is 64.8 Å². The Balaban J connectivity index is 1.11. The molecule has 3 aliphatic carbocycles. The lowest BCUT2D eigenvalue weighted by Gasteiger charge is -2.68. The van der Waals surface area contributed by atoms with Gasteiger partial charge >= 0.3 is 5.97 Å². The van der Waals surface area contributed by atoms with Crippen LogP contribution in [0.4, 0.5) is 5.69 Å². The molecule has 234 valence electrons. The lowest BCUT2D eigenvalue weighted by Crippen LogP contribution is -2.76. The first-order chi connectivity index (χ1) is 22.0. The van der Waals surface area contributed by atoms with Crippen LogP contribution < -0.4 is 5.32 Å². The lowest BCUT2D eigenvalue weighted by molar-refractivity contribution is -0.168. The van der Waals surface area contributed by atoms with Crippen LogP contribution in [0.3, 0.4) is 0 Å². The van der Waals surface area contributed by atoms with E-state index in [4.69, 9.17) is 0 Å². The van der Waals surface area contributed by atoms with Gasteiger partial charge in [-0.25, -0.2) is 0 Å². The highest BCUT2D eigenvalue weighted by Gasteiger charge is 2.79. The second kappa shape index (κ2) is 8.36. The van der Waals surface area contributed by atoms with E-state index in [-0.39, 0.29) is 22.3 Å². The molecule has 3 saturated carbocycles. The number of para-hydroxylation sites is 1. The predicted molar refractivity (Wildman–Crippen MR) is 176 cm³/mol. The maximum atomic E-state index is 13.1. The first kappa shape index (κ1) is 26.3. The van der Waals surface area contributed by atoms with Crippen LogP contribution in [0, 0.1) is 16.7 Å². The fourth-order valence-corrected chi connectivity index (χ4v) is 14.1. The molecule has 6 fully saturated rings. The zero-order valence-corrected chi connectivity index (χ0v) is 26.7. The number of carboxylic acid groups (broad SMARTS) is 1. The average Bonchev–Trinajstić information content (AvgIpc) is 3.73. The Bertz CT molecular complexity index is 1810. The molecule has 0 unspecified atom stereocenters. The van der Waals surface area contributed by atoms with Crippen LogP contribution in [0.1, 0.15) is 106 Å². The molecule has 9 aliphatic rings. The van der Waals surface area contributed by atoms with Gasteiger partial charge in [0, 0.05) is 40.3 Å². The summed E-state index contributed by atoms with van der Waals surface area (Å²) in [5, 5.41) is 16.4. The summed E-state index contributed by atoms with van der Waals surface area (Å²) in [6.07, 6.45) is 12.7. The highest BCUT2D eigenvalue weighted by Crippen LogP contribution is 2.74. The highest BCUT2D eigenvalue weighted by molar-refractivity contribution is 5.87. The summed E-state index contributed by atoms with van der Waals surface area (Å²) in [4.78, 5) is 18.8. The molecule has 2 aromatic carbocycles. The van der Waals surface area contributed by atoms with E-state index in [1.54, 1.807) is 11.3 Å². The van der Waals surface area contributed by atoms with Gasteiger partial charge in [0.05, 0.1) is 23.5 Å². The van der Waals surface area contributed by atoms with Gasteiger partial charge in [-0.05, 0) is 130 Å². The van der Waals surface area contributed by atoms with E-state index in [0.717, 1.165) is 32.2 Å². The van der Waals surface area contributed by atoms with Gasteiger partial charge in [0.2, 0.25) is 0 Å². The van der Waals surface area contributed by atoms with E-state index in [9.17, 15) is 9.90 Å². The van der Waals surface area contributed by atoms with Crippen molar-refractivity contribution in [3.63, 3.8) is 0 Å². The summed E-state index contributed by atoms with van der Waals surface area (Å²) in [5.41, 5.74) is 8.73. The van der Waals surface area contributed by atoms with Gasteiger partial charge in [-0.3, -0.25) is 14.6 Å². The minimum Gasteiger partial charge on any atom is -0.481 e. The standard InChI is InChI=1S/C39H46N4O2/c1-2-36-12-5-17-41-19-11-26-25-7-3-4-8-30(25)43(32(26)33(36)41)31(23-36)24-9-10-27-29(21-24)40-39-15-14-37(22-28(39)34(44)45)13-6-18-42-20-16-38(27,39)35(37)42/h3-4,7-10,21,28,31,33,35,40H,2,5-6,11-20,22-23H2,1H3,(H,44,45)/t28-,31-,33-,35-,36+,37+,38+,39+/m0/s1. The van der Waals surface area contributed by atoms with Gasteiger partial charge in [0.25, 0.3) is 0 Å². The van der Waals surface area contributed by atoms with E-state index >= 15 is 0 Å². The number of hydrogen-bond donors (Lipinski definition) is 2. The van der Waals surface area contributed by atoms with Crippen LogP contribution in [0.15, 0.2) is 42.5 Å². The molecule has 2 N–H and O–H groups in total. The number of aromatic nitrogens is 1. The molecule has 6 heteroatoms. The number of nitrogens with one attached hydrogen (secondary N) is 1. The van der Waals surface area contributed by atoms with E-state index in [1.807, 2.05) is 0 Å². The molecule has 0 radical (unpaired) electrons. The van der Waals surface area contributed by atoms with Crippen molar-refractivity contribution in [1.82, 2.24) is 14.4 Å². The first-order valence-electron chi connectivity index (χ1n) is 18.2. The summed E-state index contributed by atoms with van der Waals surface area (Å²) in [6.45, 7) is 7.17. The van der Waals surface area contributed by atoms with E-state index in [0.29, 0.717) is 23.5 Å². The molecular weight excluding hydrogens is 556 g/mol. The van der Waals surface area contributed by atoms with Crippen molar-refractivity contribution < 1.29 is 9.90 Å². The largest absolute Gasteiger partial charge is 0.481 e. The fraction of sp³-hybridized carbons (Fsp3) is 0.615. The Labute approximate surface area is 266 Å². The van der Waals surface area contributed by atoms with Crippen molar-refractivity contribution in [2.45, 2.75) is 107 Å². The van der Waals surface area contributed by atoms with Gasteiger partial charge in [-0.1, -0.05) is 37.3 Å². The van der Waals surface area contributed by atoms with Crippen LogP contribution in [-0.4, -0.2) is 63.2 Å². The molecule has 12 rings (SSSR count). The second-order valence-corrected chi connectivity index (χ2v) is 16.6. The molecule has 6 nitrogen and oxygen atoms in total. The number of hydrogen-bond acceptors (Lipinski definition) is 4. The van der Waals surface area contributed by atoms with Gasteiger partial charge in [-0.15, -0.1) is 0 Å². The Morgan fingerprint density at radius 1 is 0.956 bits per heavy atom. The Kier molecular flexibility index (Phi) is 4.88. The van der Waals surface area contributed by atoms with Crippen LogP contribution in [0.5, 0.6) is 0 Å². The SMILES string of the molecule is CC[C@@]12CCCN3CCc4c(n(c5ccccc45)[C@H](c4ccc5c(c4)N[C@@]46CC[C@]7(CCCN8CC[C@]54[C@@H]87)C[C@H]6C(=O)O)C1)[C@H]32. The van der Waals surface area contributed by atoms with Gasteiger partial charge in [-0.2, -0.15) is 0 Å². The Morgan fingerprint density at radius 3 is 2.71 bits per heavy atom. The number of anilines is 1. The quantitative estimate of drug-likeness (QED) is 0.342. The molecule has 3 spiro atoms. The molecular formula is C39H46N4O2. The van der Waals surface area contributed by atoms with E-state index in [2.05, 4.69) is 69.1 Å². The van der Waals surface area contributed by atoms with Crippen molar-refractivity contribution in [2.75, 3.05) is 31.5 Å². The van der Waals surface area contributed by atoms with Crippen LogP contribution in [-0.2, 0) is 16.6 Å². The second-order valence-electron chi connectivity index (χ2n) is 16.6. The van der Waals surface area contributed by atoms with E-state index < -0.39 is 5.97 Å². The summed E-state index contributed by atoms with van der Waals surface area (Å²) < 4.78 is 2.78. The molecule has 0 amide bonds. The molecule has 1 aromatic heterocycles. The minimum atomic E-state index is -0.577. The van der Waals surface area contributed by atoms with Gasteiger partial charge in [0.15, 0.2) is 0 Å². The normalized spacial score (nSPS) is 42.2. The number of nitrogens with zero attached hydrogens (tertiary/aromatic N) is 3. The predicted octanol–water partition coefficient (Wildman–Crippen LogP) is 6.88. The first-order valence-corrected chi connectivity index (χ1v) is 18.2. The molecule has 6 aliphatic heterocycles. The number of benzene rings is 2. The third-order valence-corrected chi connectivity index (χ3v) is 15.6. The molecule has 3 aromatic rings. The van der Waals surface area contributed by atoms with Gasteiger partial charge in [0.1, 0.15) is 0 Å². The molecule has 45 heavy (non-hydrogen) atoms. The molecule has 8 atom stereocenters. The van der Waals surface area contributed by atoms with Crippen LogP contribution in [0.2, 0.25) is 0 Å². The number of rotatable bonds is 3. The maximum Gasteiger partial charge on any atom is 0.308 e. The summed E-state index contributed by atoms with van der Waals surface area (Å²) in [6, 6.07) is 18.0.